The molecular weight excluding hydrogens is 835 g/mol. The molecule has 5 heterocycles. The summed E-state index contributed by atoms with van der Waals surface area (Å²) in [7, 11) is 0. The van der Waals surface area contributed by atoms with Gasteiger partial charge in [-0.2, -0.15) is 20.4 Å². The SMILES string of the molecule is [C-]#[N+]c1ccc(-c2ccn(C[C@H](C)NC(=O)c3cc(C(C)=O)n(C4CCCCO4)n3)n2)cc1Cl.[C-]#[N+]c1ccc(-c2ccn(C[C@H](C)NC(=O)c3cc(C(C)=O)n[nH]3)n2)cc1Cl. The Morgan fingerprint density at radius 1 is 0.774 bits per heavy atom. The highest BCUT2D eigenvalue weighted by molar-refractivity contribution is 6.34. The molecule has 1 aliphatic heterocycles. The van der Waals surface area contributed by atoms with Gasteiger partial charge in [-0.05, 0) is 63.4 Å². The number of halogens is 2. The van der Waals surface area contributed by atoms with E-state index in [2.05, 4.69) is 45.8 Å². The molecule has 0 radical (unpaired) electrons. The van der Waals surface area contributed by atoms with Crippen molar-refractivity contribution in [2.75, 3.05) is 6.61 Å². The van der Waals surface area contributed by atoms with E-state index in [-0.39, 0.29) is 58.8 Å². The first-order valence-electron chi connectivity index (χ1n) is 19.5. The van der Waals surface area contributed by atoms with Crippen LogP contribution in [0.1, 0.15) is 95.1 Å². The minimum Gasteiger partial charge on any atom is -0.356 e. The molecule has 0 bridgehead atoms. The largest absolute Gasteiger partial charge is 0.356 e. The molecule has 6 aromatic rings. The Morgan fingerprint density at radius 3 is 1.81 bits per heavy atom. The molecule has 2 amide bonds. The summed E-state index contributed by atoms with van der Waals surface area (Å²) in [6.07, 6.45) is 6.02. The number of hydrogen-bond donors (Lipinski definition) is 3. The molecule has 4 aromatic heterocycles. The number of aromatic nitrogens is 8. The van der Waals surface area contributed by atoms with Crippen LogP contribution in [0.2, 0.25) is 10.0 Å². The van der Waals surface area contributed by atoms with Crippen LogP contribution in [0.15, 0.2) is 73.1 Å². The maximum absolute atomic E-state index is 12.8. The third-order valence-corrected chi connectivity index (χ3v) is 10.2. The van der Waals surface area contributed by atoms with Crippen LogP contribution in [-0.4, -0.2) is 81.6 Å². The highest BCUT2D eigenvalue weighted by atomic mass is 35.5. The number of Topliss-reactive ketones (excluding diaryl/α,β-unsaturated/α-hetero) is 2. The molecule has 0 spiro atoms. The van der Waals surface area contributed by atoms with Gasteiger partial charge in [0.25, 0.3) is 11.8 Å². The molecule has 1 unspecified atom stereocenters. The molecule has 318 valence electrons. The van der Waals surface area contributed by atoms with Crippen molar-refractivity contribution in [3.05, 3.63) is 129 Å². The van der Waals surface area contributed by atoms with Crippen molar-refractivity contribution in [1.29, 1.82) is 0 Å². The zero-order valence-corrected chi connectivity index (χ0v) is 35.7. The van der Waals surface area contributed by atoms with Gasteiger partial charge >= 0.3 is 0 Å². The summed E-state index contributed by atoms with van der Waals surface area (Å²) in [6, 6.07) is 16.5. The number of nitrogens with zero attached hydrogens (tertiary/aromatic N) is 9. The van der Waals surface area contributed by atoms with E-state index in [0.717, 1.165) is 36.1 Å². The fourth-order valence-electron chi connectivity index (χ4n) is 6.52. The summed E-state index contributed by atoms with van der Waals surface area (Å²) < 4.78 is 10.7. The van der Waals surface area contributed by atoms with Gasteiger partial charge in [0.2, 0.25) is 11.4 Å². The number of amides is 2. The second-order valence-electron chi connectivity index (χ2n) is 14.6. The molecule has 17 nitrogen and oxygen atoms in total. The molecule has 0 saturated carbocycles. The van der Waals surface area contributed by atoms with Gasteiger partial charge in [-0.15, -0.1) is 0 Å². The Morgan fingerprint density at radius 2 is 1.34 bits per heavy atom. The highest BCUT2D eigenvalue weighted by Crippen LogP contribution is 2.31. The van der Waals surface area contributed by atoms with Crippen LogP contribution in [0.25, 0.3) is 32.2 Å². The molecule has 62 heavy (non-hydrogen) atoms. The van der Waals surface area contributed by atoms with Crippen LogP contribution in [0.4, 0.5) is 11.4 Å². The highest BCUT2D eigenvalue weighted by Gasteiger charge is 2.25. The average Bonchev–Trinajstić information content (AvgIpc) is 4.09. The number of carbonyl (C=O) groups is 4. The van der Waals surface area contributed by atoms with Crippen molar-refractivity contribution in [2.45, 2.75) is 78.4 Å². The molecule has 2 aromatic carbocycles. The van der Waals surface area contributed by atoms with Crippen molar-refractivity contribution in [1.82, 2.24) is 50.2 Å². The number of rotatable bonds is 13. The van der Waals surface area contributed by atoms with Crippen molar-refractivity contribution in [3.8, 4) is 22.5 Å². The van der Waals surface area contributed by atoms with Gasteiger partial charge in [-0.3, -0.25) is 33.6 Å². The summed E-state index contributed by atoms with van der Waals surface area (Å²) >= 11 is 12.2. The lowest BCUT2D eigenvalue weighted by Crippen LogP contribution is -2.36. The quantitative estimate of drug-likeness (QED) is 0.0758. The molecular formula is C43H42Cl2N12O5. The van der Waals surface area contributed by atoms with Crippen molar-refractivity contribution < 1.29 is 23.9 Å². The van der Waals surface area contributed by atoms with Crippen molar-refractivity contribution in [3.63, 3.8) is 0 Å². The van der Waals surface area contributed by atoms with Gasteiger partial charge in [-0.1, -0.05) is 47.5 Å². The lowest BCUT2D eigenvalue weighted by Gasteiger charge is -2.24. The standard InChI is InChI=1S/C24H25ClN6O3.C19H17ClN6O2/c1-15(14-30-10-9-19(28-30)17-7-8-20(26-3)18(25)12-17)27-24(33)21-13-22(16(2)32)31(29-21)23-6-4-5-11-34-23;1-11(22-19(28)18-9-17(12(2)27)23-24-18)10-26-7-6-15(25-26)13-4-5-16(21-3)14(20)8-13/h7-10,12-13,15,23H,4-6,11,14H2,1-2H3,(H,27,33);4-9,11H,10H2,1-2H3,(H,22,28)(H,23,24)/t15-,23?;11-/m00/s1. The Balaban J connectivity index is 0.000000211. The second-order valence-corrected chi connectivity index (χ2v) is 15.4. The van der Waals surface area contributed by atoms with E-state index in [0.29, 0.717) is 52.5 Å². The van der Waals surface area contributed by atoms with Crippen LogP contribution in [0.5, 0.6) is 0 Å². The molecule has 19 heteroatoms. The summed E-state index contributed by atoms with van der Waals surface area (Å²) in [6.45, 7) is 22.2. The molecule has 1 fully saturated rings. The van der Waals surface area contributed by atoms with E-state index in [1.807, 2.05) is 32.2 Å². The summed E-state index contributed by atoms with van der Waals surface area (Å²) in [5, 5.41) is 26.3. The van der Waals surface area contributed by atoms with Gasteiger partial charge in [0, 0.05) is 72.2 Å². The second kappa shape index (κ2) is 20.1. The predicted octanol–water partition coefficient (Wildman–Crippen LogP) is 8.17. The Kier molecular flexibility index (Phi) is 14.5. The lowest BCUT2D eigenvalue weighted by atomic mass is 10.1. The minimum atomic E-state index is -0.363. The fourth-order valence-corrected chi connectivity index (χ4v) is 6.97. The molecule has 3 atom stereocenters. The zero-order valence-electron chi connectivity index (χ0n) is 34.2. The van der Waals surface area contributed by atoms with E-state index in [4.69, 9.17) is 41.1 Å². The smallest absolute Gasteiger partial charge is 0.272 e. The van der Waals surface area contributed by atoms with Crippen LogP contribution in [0, 0.1) is 13.1 Å². The van der Waals surface area contributed by atoms with E-state index in [1.54, 1.807) is 52.0 Å². The summed E-state index contributed by atoms with van der Waals surface area (Å²) in [5.74, 6) is -1.08. The molecule has 7 rings (SSSR count). The Bertz CT molecular complexity index is 2700. The molecule has 1 saturated heterocycles. The van der Waals surface area contributed by atoms with E-state index in [9.17, 15) is 19.2 Å². The van der Waals surface area contributed by atoms with E-state index in [1.165, 1.54) is 30.7 Å². The Labute approximate surface area is 367 Å². The minimum absolute atomic E-state index is 0.164. The third kappa shape index (κ3) is 11.1. The van der Waals surface area contributed by atoms with E-state index >= 15 is 0 Å². The normalized spacial score (nSPS) is 14.4. The lowest BCUT2D eigenvalue weighted by molar-refractivity contribution is -0.0406. The number of benzene rings is 2. The van der Waals surface area contributed by atoms with Crippen molar-refractivity contribution in [2.24, 2.45) is 0 Å². The first kappa shape index (κ1) is 44.6. The number of hydrogen-bond acceptors (Lipinski definition) is 9. The molecule has 3 N–H and O–H groups in total. The van der Waals surface area contributed by atoms with Gasteiger partial charge in [0.15, 0.2) is 23.5 Å². The van der Waals surface area contributed by atoms with Crippen LogP contribution >= 0.6 is 23.2 Å². The van der Waals surface area contributed by atoms with Crippen LogP contribution in [0.3, 0.4) is 0 Å². The topological polar surface area (TPSA) is 192 Å². The number of ether oxygens (including phenoxy) is 1. The maximum Gasteiger partial charge on any atom is 0.272 e. The zero-order chi connectivity index (χ0) is 44.5. The third-order valence-electron chi connectivity index (χ3n) is 9.63. The molecule has 0 aliphatic carbocycles. The van der Waals surface area contributed by atoms with Crippen LogP contribution in [-0.2, 0) is 17.8 Å². The Hall–Kier alpha value is -6.92. The summed E-state index contributed by atoms with van der Waals surface area (Å²) in [5.41, 5.74) is 4.84. The van der Waals surface area contributed by atoms with Gasteiger partial charge in [-0.25, -0.2) is 14.4 Å². The van der Waals surface area contributed by atoms with Gasteiger partial charge < -0.3 is 15.4 Å². The first-order valence-corrected chi connectivity index (χ1v) is 20.3. The molecule has 1 aliphatic rings. The average molecular weight is 878 g/mol. The number of carbonyl (C=O) groups excluding carboxylic acids is 4. The number of H-pyrrole nitrogens is 1. The number of aromatic amines is 1. The fraction of sp³-hybridized carbons (Fsp3) is 0.302. The van der Waals surface area contributed by atoms with E-state index < -0.39 is 0 Å². The van der Waals surface area contributed by atoms with Crippen LogP contribution < -0.4 is 10.6 Å². The first-order chi connectivity index (χ1) is 29.7. The van der Waals surface area contributed by atoms with Gasteiger partial charge in [0.1, 0.15) is 17.1 Å². The monoisotopic (exact) mass is 876 g/mol. The van der Waals surface area contributed by atoms with Crippen molar-refractivity contribution >= 4 is 58.0 Å². The number of nitrogens with one attached hydrogen (secondary N) is 3. The number of ketones is 2. The predicted molar refractivity (Wildman–Crippen MR) is 231 cm³/mol. The maximum atomic E-state index is 12.8. The van der Waals surface area contributed by atoms with Gasteiger partial charge in [0.05, 0.1) is 37.6 Å². The summed E-state index contributed by atoms with van der Waals surface area (Å²) in [4.78, 5) is 55.2.